The SMILES string of the molecule is CNC(C)CCC(=O)OCC=CC(C)(C)C(C)(C)C(CCCCCOC1CCC2(C)C(=CCC3C2CCC2(C)C(C(C)CCCC(C)C)CCC32)C1)OC(=O)CCCN(C)C. The molecule has 0 aliphatic heterocycles. The smallest absolute Gasteiger partial charge is 0.306 e. The van der Waals surface area contributed by atoms with E-state index in [0.29, 0.717) is 29.8 Å². The fraction of sp³-hybridized carbons (Fsp3) is 0.889. The summed E-state index contributed by atoms with van der Waals surface area (Å²) in [5, 5.41) is 3.16. The second-order valence-electron chi connectivity index (χ2n) is 23.0. The molecule has 0 radical (unpaired) electrons. The molecule has 352 valence electrons. The van der Waals surface area contributed by atoms with E-state index in [1.807, 2.05) is 27.2 Å². The number of allylic oxidation sites excluding steroid dienone is 2. The largest absolute Gasteiger partial charge is 0.462 e. The number of rotatable bonds is 26. The Morgan fingerprint density at radius 3 is 2.33 bits per heavy atom. The van der Waals surface area contributed by atoms with Crippen molar-refractivity contribution in [3.05, 3.63) is 23.8 Å². The molecule has 4 aliphatic carbocycles. The van der Waals surface area contributed by atoms with Gasteiger partial charge in [-0.1, -0.05) is 112 Å². The first-order chi connectivity index (χ1) is 28.7. The number of fused-ring (bicyclic) bond motifs is 5. The van der Waals surface area contributed by atoms with Crippen molar-refractivity contribution in [2.45, 2.75) is 209 Å². The average Bonchev–Trinajstić information content (AvgIpc) is 3.56. The van der Waals surface area contributed by atoms with Crippen LogP contribution in [0.1, 0.15) is 191 Å². The average molecular weight is 853 g/mol. The van der Waals surface area contributed by atoms with Gasteiger partial charge in [-0.25, -0.2) is 0 Å². The molecule has 0 heterocycles. The van der Waals surface area contributed by atoms with E-state index in [4.69, 9.17) is 14.2 Å². The highest BCUT2D eigenvalue weighted by Crippen LogP contribution is 2.67. The molecule has 7 nitrogen and oxygen atoms in total. The van der Waals surface area contributed by atoms with E-state index in [1.54, 1.807) is 5.57 Å². The summed E-state index contributed by atoms with van der Waals surface area (Å²) < 4.78 is 18.5. The summed E-state index contributed by atoms with van der Waals surface area (Å²) >= 11 is 0. The van der Waals surface area contributed by atoms with E-state index in [9.17, 15) is 9.59 Å². The zero-order chi connectivity index (χ0) is 45.0. The molecule has 10 atom stereocenters. The molecule has 3 saturated carbocycles. The number of carbonyl (C=O) groups excluding carboxylic acids is 2. The Morgan fingerprint density at radius 2 is 1.62 bits per heavy atom. The van der Waals surface area contributed by atoms with Crippen LogP contribution in [0.3, 0.4) is 0 Å². The molecule has 0 amide bonds. The summed E-state index contributed by atoms with van der Waals surface area (Å²) in [6.07, 6.45) is 28.0. The second-order valence-corrected chi connectivity index (χ2v) is 23.0. The monoisotopic (exact) mass is 853 g/mol. The third-order valence-electron chi connectivity index (χ3n) is 17.6. The van der Waals surface area contributed by atoms with E-state index < -0.39 is 0 Å². The number of ether oxygens (including phenoxy) is 3. The lowest BCUT2D eigenvalue weighted by Crippen LogP contribution is -2.51. The standard InChI is InChI=1S/C54H96N2O5/c1-39(2)20-17-21-40(3)45-27-28-46-44-26-25-42-38-43(30-33-53(42,9)47(44)31-34-54(45,46)10)59-36-16-14-15-22-48(61-50(58)23-18-35-56(12)13)52(7,8)51(5,6)32-19-37-60-49(57)29-24-41(4)55-11/h19,25,32,39-41,43-48,55H,14-18,20-24,26-31,33-38H2,1-13H3. The summed E-state index contributed by atoms with van der Waals surface area (Å²) in [5.74, 6) is 4.95. The first-order valence-electron chi connectivity index (χ1n) is 25.4. The lowest BCUT2D eigenvalue weighted by molar-refractivity contribution is -0.160. The van der Waals surface area contributed by atoms with Gasteiger partial charge < -0.3 is 24.4 Å². The number of hydrogen-bond donors (Lipinski definition) is 1. The molecule has 0 bridgehead atoms. The van der Waals surface area contributed by atoms with Crippen molar-refractivity contribution in [2.24, 2.45) is 57.2 Å². The fourth-order valence-electron chi connectivity index (χ4n) is 12.6. The predicted molar refractivity (Wildman–Crippen MR) is 254 cm³/mol. The minimum Gasteiger partial charge on any atom is -0.462 e. The van der Waals surface area contributed by atoms with E-state index in [1.165, 1.54) is 64.2 Å². The molecule has 4 rings (SSSR count). The zero-order valence-corrected chi connectivity index (χ0v) is 42.0. The van der Waals surface area contributed by atoms with Crippen LogP contribution in [0.4, 0.5) is 0 Å². The number of hydrogen-bond acceptors (Lipinski definition) is 7. The van der Waals surface area contributed by atoms with Gasteiger partial charge in [-0.05, 0) is 170 Å². The highest BCUT2D eigenvalue weighted by molar-refractivity contribution is 5.70. The lowest BCUT2D eigenvalue weighted by Gasteiger charge is -2.58. The highest BCUT2D eigenvalue weighted by atomic mass is 16.5. The van der Waals surface area contributed by atoms with Crippen LogP contribution in [0.15, 0.2) is 23.8 Å². The highest BCUT2D eigenvalue weighted by Gasteiger charge is 2.59. The third kappa shape index (κ3) is 13.9. The lowest BCUT2D eigenvalue weighted by atomic mass is 9.47. The van der Waals surface area contributed by atoms with Crippen LogP contribution in [0, 0.1) is 57.2 Å². The summed E-state index contributed by atoms with van der Waals surface area (Å²) in [7, 11) is 5.98. The number of esters is 2. The van der Waals surface area contributed by atoms with E-state index in [2.05, 4.69) is 91.6 Å². The van der Waals surface area contributed by atoms with Gasteiger partial charge in [0.15, 0.2) is 0 Å². The molecule has 7 heteroatoms. The zero-order valence-electron chi connectivity index (χ0n) is 42.0. The van der Waals surface area contributed by atoms with Crippen molar-refractivity contribution in [3.8, 4) is 0 Å². The van der Waals surface area contributed by atoms with Gasteiger partial charge >= 0.3 is 11.9 Å². The van der Waals surface area contributed by atoms with Gasteiger partial charge in [0, 0.05) is 30.9 Å². The van der Waals surface area contributed by atoms with Crippen molar-refractivity contribution in [1.82, 2.24) is 10.2 Å². The number of carbonyl (C=O) groups is 2. The van der Waals surface area contributed by atoms with E-state index >= 15 is 0 Å². The first kappa shape index (κ1) is 51.9. The Morgan fingerprint density at radius 1 is 0.869 bits per heavy atom. The maximum absolute atomic E-state index is 13.2. The maximum atomic E-state index is 13.2. The normalized spacial score (nSPS) is 29.5. The Hall–Kier alpha value is -1.70. The first-order valence-corrected chi connectivity index (χ1v) is 25.4. The molecule has 4 aliphatic rings. The van der Waals surface area contributed by atoms with E-state index in [0.717, 1.165) is 93.6 Å². The van der Waals surface area contributed by atoms with E-state index in [-0.39, 0.29) is 41.5 Å². The van der Waals surface area contributed by atoms with Crippen molar-refractivity contribution in [1.29, 1.82) is 0 Å². The molecule has 0 aromatic heterocycles. The van der Waals surface area contributed by atoms with Gasteiger partial charge in [0.1, 0.15) is 12.7 Å². The quantitative estimate of drug-likeness (QED) is 0.0527. The van der Waals surface area contributed by atoms with Crippen LogP contribution in [0.2, 0.25) is 0 Å². The van der Waals surface area contributed by atoms with Gasteiger partial charge in [-0.2, -0.15) is 0 Å². The summed E-state index contributed by atoms with van der Waals surface area (Å²) in [5.41, 5.74) is 1.97. The van der Waals surface area contributed by atoms with Gasteiger partial charge in [-0.15, -0.1) is 0 Å². The van der Waals surface area contributed by atoms with Crippen LogP contribution in [-0.2, 0) is 23.8 Å². The van der Waals surface area contributed by atoms with Gasteiger partial charge in [-0.3, -0.25) is 9.59 Å². The molecule has 0 spiro atoms. The van der Waals surface area contributed by atoms with Crippen molar-refractivity contribution >= 4 is 11.9 Å². The Labute approximate surface area is 376 Å². The third-order valence-corrected chi connectivity index (χ3v) is 17.6. The van der Waals surface area contributed by atoms with Gasteiger partial charge in [0.05, 0.1) is 6.10 Å². The van der Waals surface area contributed by atoms with Gasteiger partial charge in [0.2, 0.25) is 0 Å². The van der Waals surface area contributed by atoms with Crippen LogP contribution in [0.25, 0.3) is 0 Å². The van der Waals surface area contributed by atoms with Crippen LogP contribution in [0.5, 0.6) is 0 Å². The number of nitrogens with one attached hydrogen (secondary N) is 1. The van der Waals surface area contributed by atoms with Crippen LogP contribution < -0.4 is 5.32 Å². The van der Waals surface area contributed by atoms with Crippen molar-refractivity contribution in [2.75, 3.05) is 40.9 Å². The van der Waals surface area contributed by atoms with Crippen LogP contribution >= 0.6 is 0 Å². The van der Waals surface area contributed by atoms with Crippen molar-refractivity contribution < 1.29 is 23.8 Å². The molecule has 3 fully saturated rings. The molecular formula is C54H96N2O5. The molecule has 1 N–H and O–H groups in total. The summed E-state index contributed by atoms with van der Waals surface area (Å²) in [6.45, 7) is 25.5. The minimum absolute atomic E-state index is 0.114. The molecular weight excluding hydrogens is 757 g/mol. The van der Waals surface area contributed by atoms with Crippen LogP contribution in [-0.4, -0.2) is 76.0 Å². The molecule has 0 saturated heterocycles. The predicted octanol–water partition coefficient (Wildman–Crippen LogP) is 12.8. The summed E-state index contributed by atoms with van der Waals surface area (Å²) in [4.78, 5) is 27.6. The molecule has 10 unspecified atom stereocenters. The van der Waals surface area contributed by atoms with Crippen molar-refractivity contribution in [3.63, 3.8) is 0 Å². The molecule has 0 aromatic rings. The Bertz CT molecular complexity index is 1420. The van der Waals surface area contributed by atoms with Gasteiger partial charge in [0.25, 0.3) is 0 Å². The Balaban J connectivity index is 1.26. The number of nitrogens with zero attached hydrogens (tertiary/aromatic N) is 1. The maximum Gasteiger partial charge on any atom is 0.306 e. The summed E-state index contributed by atoms with van der Waals surface area (Å²) in [6, 6.07) is 0.279. The molecule has 61 heavy (non-hydrogen) atoms. The Kier molecular flexibility index (Phi) is 20.0. The number of unbranched alkanes of at least 4 members (excludes halogenated alkanes) is 2. The fourth-order valence-corrected chi connectivity index (χ4v) is 12.6. The minimum atomic E-state index is -0.340. The second kappa shape index (κ2) is 23.5. The molecule has 0 aromatic carbocycles. The topological polar surface area (TPSA) is 77.1 Å².